The molecule has 0 bridgehead atoms. The molecule has 0 aromatic heterocycles. The average molecular weight is 310 g/mol. The monoisotopic (exact) mass is 310 g/mol. The first-order valence-electron chi connectivity index (χ1n) is 7.07. The molecule has 0 fully saturated rings. The van der Waals surface area contributed by atoms with Crippen LogP contribution in [0.25, 0.3) is 6.08 Å². The Kier molecular flexibility index (Phi) is 5.94. The van der Waals surface area contributed by atoms with Crippen molar-refractivity contribution in [1.82, 2.24) is 0 Å². The van der Waals surface area contributed by atoms with Crippen LogP contribution < -0.4 is 10.5 Å². The van der Waals surface area contributed by atoms with Gasteiger partial charge in [0.25, 0.3) is 0 Å². The van der Waals surface area contributed by atoms with Crippen LogP contribution >= 0.6 is 0 Å². The molecule has 5 heteroatoms. The maximum atomic E-state index is 11.6. The molecule has 0 aliphatic carbocycles. The lowest BCUT2D eigenvalue weighted by Gasteiger charge is -2.06. The minimum atomic E-state index is -0.586. The SMILES string of the molecule is COc1ccccc1CC(N)=NOC(=O)/C=C/c1ccccc1. The van der Waals surface area contributed by atoms with E-state index >= 15 is 0 Å². The molecule has 2 rings (SSSR count). The molecule has 0 aliphatic rings. The van der Waals surface area contributed by atoms with E-state index in [4.69, 9.17) is 15.3 Å². The van der Waals surface area contributed by atoms with E-state index in [0.717, 1.165) is 11.1 Å². The lowest BCUT2D eigenvalue weighted by Crippen LogP contribution is -2.16. The molecule has 0 unspecified atom stereocenters. The normalized spacial score (nSPS) is 11.4. The highest BCUT2D eigenvalue weighted by molar-refractivity contribution is 5.88. The van der Waals surface area contributed by atoms with E-state index in [2.05, 4.69) is 5.16 Å². The van der Waals surface area contributed by atoms with Crippen molar-refractivity contribution >= 4 is 17.9 Å². The van der Waals surface area contributed by atoms with Gasteiger partial charge in [-0.25, -0.2) is 4.79 Å². The van der Waals surface area contributed by atoms with Crippen molar-refractivity contribution in [2.75, 3.05) is 7.11 Å². The molecule has 0 saturated heterocycles. The highest BCUT2D eigenvalue weighted by atomic mass is 16.7. The number of rotatable bonds is 6. The highest BCUT2D eigenvalue weighted by Gasteiger charge is 2.05. The largest absolute Gasteiger partial charge is 0.496 e. The Morgan fingerprint density at radius 3 is 2.57 bits per heavy atom. The summed E-state index contributed by atoms with van der Waals surface area (Å²) in [6, 6.07) is 16.9. The molecule has 0 radical (unpaired) electrons. The number of benzene rings is 2. The number of amidine groups is 1. The summed E-state index contributed by atoms with van der Waals surface area (Å²) in [7, 11) is 1.58. The summed E-state index contributed by atoms with van der Waals surface area (Å²) in [5.74, 6) is 0.314. The molecule has 2 aromatic rings. The van der Waals surface area contributed by atoms with Crippen molar-refractivity contribution in [2.45, 2.75) is 6.42 Å². The van der Waals surface area contributed by atoms with Gasteiger partial charge in [0.2, 0.25) is 0 Å². The molecule has 23 heavy (non-hydrogen) atoms. The van der Waals surface area contributed by atoms with Crippen LogP contribution in [-0.4, -0.2) is 18.9 Å². The van der Waals surface area contributed by atoms with Crippen LogP contribution in [0.3, 0.4) is 0 Å². The first kappa shape index (κ1) is 16.3. The highest BCUT2D eigenvalue weighted by Crippen LogP contribution is 2.17. The zero-order valence-electron chi connectivity index (χ0n) is 12.8. The number of hydrogen-bond acceptors (Lipinski definition) is 4. The smallest absolute Gasteiger partial charge is 0.358 e. The van der Waals surface area contributed by atoms with Crippen molar-refractivity contribution in [1.29, 1.82) is 0 Å². The predicted octanol–water partition coefficient (Wildman–Crippen LogP) is 2.77. The van der Waals surface area contributed by atoms with E-state index in [1.165, 1.54) is 6.08 Å². The summed E-state index contributed by atoms with van der Waals surface area (Å²) in [6.45, 7) is 0. The molecule has 0 spiro atoms. The number of methoxy groups -OCH3 is 1. The topological polar surface area (TPSA) is 73.9 Å². The van der Waals surface area contributed by atoms with Crippen molar-refractivity contribution < 1.29 is 14.4 Å². The summed E-state index contributed by atoms with van der Waals surface area (Å²) in [6.07, 6.45) is 3.28. The molecule has 0 amide bonds. The molecule has 0 heterocycles. The van der Waals surface area contributed by atoms with Crippen molar-refractivity contribution in [3.05, 3.63) is 71.8 Å². The fourth-order valence-corrected chi connectivity index (χ4v) is 1.94. The van der Waals surface area contributed by atoms with Crippen molar-refractivity contribution in [3.63, 3.8) is 0 Å². The lowest BCUT2D eigenvalue weighted by atomic mass is 10.1. The Morgan fingerprint density at radius 1 is 1.13 bits per heavy atom. The first-order chi connectivity index (χ1) is 11.2. The van der Waals surface area contributed by atoms with E-state index in [1.54, 1.807) is 13.2 Å². The van der Waals surface area contributed by atoms with Crippen LogP contribution in [0.1, 0.15) is 11.1 Å². The fraction of sp³-hybridized carbons (Fsp3) is 0.111. The van der Waals surface area contributed by atoms with E-state index in [9.17, 15) is 4.79 Å². The Bertz CT molecular complexity index is 709. The van der Waals surface area contributed by atoms with Gasteiger partial charge < -0.3 is 15.3 Å². The van der Waals surface area contributed by atoms with Gasteiger partial charge in [-0.05, 0) is 17.7 Å². The van der Waals surface area contributed by atoms with Gasteiger partial charge in [-0.2, -0.15) is 0 Å². The summed E-state index contributed by atoms with van der Waals surface area (Å²) in [4.78, 5) is 16.4. The maximum Gasteiger partial charge on any atom is 0.358 e. The van der Waals surface area contributed by atoms with E-state index < -0.39 is 5.97 Å². The predicted molar refractivity (Wildman–Crippen MR) is 89.9 cm³/mol. The lowest BCUT2D eigenvalue weighted by molar-refractivity contribution is -0.137. The number of para-hydroxylation sites is 1. The number of oxime groups is 1. The Balaban J connectivity index is 1.91. The molecule has 0 saturated carbocycles. The molecule has 5 nitrogen and oxygen atoms in total. The van der Waals surface area contributed by atoms with E-state index in [1.807, 2.05) is 54.6 Å². The van der Waals surface area contributed by atoms with Crippen LogP contribution in [0.4, 0.5) is 0 Å². The maximum absolute atomic E-state index is 11.6. The number of nitrogens with two attached hydrogens (primary N) is 1. The van der Waals surface area contributed by atoms with Crippen LogP contribution in [0.2, 0.25) is 0 Å². The summed E-state index contributed by atoms with van der Waals surface area (Å²) in [5, 5.41) is 3.65. The Labute approximate surface area is 135 Å². The molecule has 2 N–H and O–H groups in total. The second-order valence-corrected chi connectivity index (χ2v) is 4.73. The number of ether oxygens (including phenoxy) is 1. The van der Waals surface area contributed by atoms with Gasteiger partial charge in [0, 0.05) is 18.1 Å². The number of hydrogen-bond donors (Lipinski definition) is 1. The minimum absolute atomic E-state index is 0.191. The molecular formula is C18H18N2O3. The fourth-order valence-electron chi connectivity index (χ4n) is 1.94. The second-order valence-electron chi connectivity index (χ2n) is 4.73. The molecular weight excluding hydrogens is 292 g/mol. The van der Waals surface area contributed by atoms with Gasteiger partial charge in [0.05, 0.1) is 7.11 Å². The second kappa shape index (κ2) is 8.38. The zero-order valence-corrected chi connectivity index (χ0v) is 12.8. The Hall–Kier alpha value is -3.08. The van der Waals surface area contributed by atoms with Crippen molar-refractivity contribution in [2.24, 2.45) is 10.9 Å². The van der Waals surface area contributed by atoms with Gasteiger partial charge in [0.15, 0.2) is 0 Å². The van der Waals surface area contributed by atoms with Crippen molar-refractivity contribution in [3.8, 4) is 5.75 Å². The summed E-state index contributed by atoms with van der Waals surface area (Å²) >= 11 is 0. The van der Waals surface area contributed by atoms with E-state index in [-0.39, 0.29) is 5.84 Å². The third-order valence-electron chi connectivity index (χ3n) is 3.03. The van der Waals surface area contributed by atoms with Crippen LogP contribution in [0.5, 0.6) is 5.75 Å². The summed E-state index contributed by atoms with van der Waals surface area (Å²) < 4.78 is 5.23. The van der Waals surface area contributed by atoms with Crippen LogP contribution in [0, 0.1) is 0 Å². The number of carbonyl (C=O) groups is 1. The average Bonchev–Trinajstić information content (AvgIpc) is 2.59. The first-order valence-corrected chi connectivity index (χ1v) is 7.07. The molecule has 0 atom stereocenters. The van der Waals surface area contributed by atoms with Gasteiger partial charge in [-0.3, -0.25) is 0 Å². The Morgan fingerprint density at radius 2 is 1.83 bits per heavy atom. The molecule has 0 aliphatic heterocycles. The van der Waals surface area contributed by atoms with Gasteiger partial charge in [0.1, 0.15) is 11.6 Å². The van der Waals surface area contributed by atoms with E-state index in [0.29, 0.717) is 12.2 Å². The summed E-state index contributed by atoms with van der Waals surface area (Å²) in [5.41, 5.74) is 7.54. The standard InChI is InChI=1S/C18H18N2O3/c1-22-16-10-6-5-9-15(16)13-17(19)20-23-18(21)12-11-14-7-3-2-4-8-14/h2-12H,13H2,1H3,(H2,19,20)/b12-11+. The zero-order chi connectivity index (χ0) is 16.5. The van der Waals surface area contributed by atoms with Crippen LogP contribution in [-0.2, 0) is 16.1 Å². The minimum Gasteiger partial charge on any atom is -0.496 e. The quantitative estimate of drug-likeness (QED) is 0.293. The van der Waals surface area contributed by atoms with Crippen LogP contribution in [0.15, 0.2) is 65.8 Å². The van der Waals surface area contributed by atoms with Gasteiger partial charge in [-0.1, -0.05) is 53.7 Å². The van der Waals surface area contributed by atoms with Gasteiger partial charge >= 0.3 is 5.97 Å². The molecule has 2 aromatic carbocycles. The van der Waals surface area contributed by atoms with Gasteiger partial charge in [-0.15, -0.1) is 0 Å². The third kappa shape index (κ3) is 5.32. The molecule has 118 valence electrons. The number of carbonyl (C=O) groups excluding carboxylic acids is 1. The number of nitrogens with zero attached hydrogens (tertiary/aromatic N) is 1. The third-order valence-corrected chi connectivity index (χ3v) is 3.03.